The van der Waals surface area contributed by atoms with Crippen LogP contribution in [0.4, 0.5) is 5.00 Å². The lowest BCUT2D eigenvalue weighted by Crippen LogP contribution is -2.31. The number of thiophene rings is 1. The number of esters is 1. The number of anilines is 1. The predicted octanol–water partition coefficient (Wildman–Crippen LogP) is 1.24. The molecule has 0 aromatic carbocycles. The molecule has 0 fully saturated rings. The summed E-state index contributed by atoms with van der Waals surface area (Å²) in [5, 5.41) is 5.59. The van der Waals surface area contributed by atoms with Gasteiger partial charge in [0.15, 0.2) is 6.61 Å². The second-order valence-electron chi connectivity index (χ2n) is 4.59. The summed E-state index contributed by atoms with van der Waals surface area (Å²) in [5.41, 5.74) is 1.03. The lowest BCUT2D eigenvalue weighted by atomic mass is 10.1. The molecule has 8 heteroatoms. The summed E-state index contributed by atoms with van der Waals surface area (Å²) in [4.78, 5) is 35.7. The summed E-state index contributed by atoms with van der Waals surface area (Å²) in [6.07, 6.45) is 0. The monoisotopic (exact) mass is 328 g/mol. The van der Waals surface area contributed by atoms with Crippen LogP contribution in [-0.4, -0.2) is 44.7 Å². The van der Waals surface area contributed by atoms with Crippen LogP contribution in [0.15, 0.2) is 0 Å². The molecule has 0 unspecified atom stereocenters. The number of hydrogen-bond donors (Lipinski definition) is 2. The Balaban J connectivity index is 2.69. The number of carbonyl (C=O) groups excluding carboxylic acids is 3. The van der Waals surface area contributed by atoms with Crippen molar-refractivity contribution in [2.75, 3.05) is 32.2 Å². The molecule has 0 bridgehead atoms. The highest BCUT2D eigenvalue weighted by Crippen LogP contribution is 2.32. The summed E-state index contributed by atoms with van der Waals surface area (Å²) in [7, 11) is 1.53. The second-order valence-corrected chi connectivity index (χ2v) is 5.81. The Morgan fingerprint density at radius 2 is 1.91 bits per heavy atom. The van der Waals surface area contributed by atoms with E-state index in [0.717, 1.165) is 10.4 Å². The number of aryl methyl sites for hydroxylation is 1. The zero-order chi connectivity index (χ0) is 16.7. The highest BCUT2D eigenvalue weighted by atomic mass is 32.1. The van der Waals surface area contributed by atoms with E-state index in [2.05, 4.69) is 10.6 Å². The van der Waals surface area contributed by atoms with Gasteiger partial charge in [0.2, 0.25) is 5.91 Å². The highest BCUT2D eigenvalue weighted by Gasteiger charge is 2.22. The Morgan fingerprint density at radius 1 is 1.23 bits per heavy atom. The Kier molecular flexibility index (Phi) is 7.00. The maximum atomic E-state index is 12.1. The van der Waals surface area contributed by atoms with Crippen LogP contribution in [0.25, 0.3) is 0 Å². The lowest BCUT2D eigenvalue weighted by molar-refractivity contribution is -0.124. The summed E-state index contributed by atoms with van der Waals surface area (Å²) < 4.78 is 9.80. The van der Waals surface area contributed by atoms with Gasteiger partial charge in [0.25, 0.3) is 5.91 Å². The van der Waals surface area contributed by atoms with E-state index in [9.17, 15) is 14.4 Å². The molecule has 0 atom stereocenters. The largest absolute Gasteiger partial charge is 0.452 e. The molecule has 1 rings (SSSR count). The van der Waals surface area contributed by atoms with E-state index in [1.165, 1.54) is 25.4 Å². The molecule has 22 heavy (non-hydrogen) atoms. The SMILES string of the molecule is COCCNC(=O)COC(=O)c1c(NC(C)=O)sc(C)c1C. The molecule has 1 aromatic rings. The molecule has 7 nitrogen and oxygen atoms in total. The van der Waals surface area contributed by atoms with Gasteiger partial charge < -0.3 is 20.1 Å². The summed E-state index contributed by atoms with van der Waals surface area (Å²) in [6, 6.07) is 0. The molecule has 1 aromatic heterocycles. The minimum atomic E-state index is -0.632. The first-order chi connectivity index (χ1) is 10.4. The van der Waals surface area contributed by atoms with Crippen molar-refractivity contribution in [1.82, 2.24) is 5.32 Å². The fourth-order valence-electron chi connectivity index (χ4n) is 1.67. The number of nitrogens with one attached hydrogen (secondary N) is 2. The third-order valence-corrected chi connectivity index (χ3v) is 3.96. The van der Waals surface area contributed by atoms with Crippen molar-refractivity contribution < 1.29 is 23.9 Å². The van der Waals surface area contributed by atoms with Gasteiger partial charge in [-0.2, -0.15) is 0 Å². The van der Waals surface area contributed by atoms with E-state index < -0.39 is 11.9 Å². The molecular formula is C14H20N2O5S. The molecule has 0 aliphatic heterocycles. The van der Waals surface area contributed by atoms with Crippen molar-refractivity contribution in [2.24, 2.45) is 0 Å². The Hall–Kier alpha value is -1.93. The van der Waals surface area contributed by atoms with E-state index in [1.807, 2.05) is 6.92 Å². The fraction of sp³-hybridized carbons (Fsp3) is 0.500. The van der Waals surface area contributed by atoms with Crippen molar-refractivity contribution in [1.29, 1.82) is 0 Å². The molecule has 1 heterocycles. The van der Waals surface area contributed by atoms with E-state index in [4.69, 9.17) is 9.47 Å². The predicted molar refractivity (Wildman–Crippen MR) is 83.3 cm³/mol. The van der Waals surface area contributed by atoms with Crippen LogP contribution < -0.4 is 10.6 Å². The zero-order valence-electron chi connectivity index (χ0n) is 13.1. The van der Waals surface area contributed by atoms with E-state index in [0.29, 0.717) is 23.7 Å². The van der Waals surface area contributed by atoms with Gasteiger partial charge >= 0.3 is 5.97 Å². The first-order valence-corrected chi connectivity index (χ1v) is 7.48. The average molecular weight is 328 g/mol. The van der Waals surface area contributed by atoms with Crippen molar-refractivity contribution in [3.8, 4) is 0 Å². The molecular weight excluding hydrogens is 308 g/mol. The molecule has 0 aliphatic rings. The normalized spacial score (nSPS) is 10.2. The van der Waals surface area contributed by atoms with Gasteiger partial charge in [0.1, 0.15) is 5.00 Å². The number of ether oxygens (including phenoxy) is 2. The number of methoxy groups -OCH3 is 1. The number of hydrogen-bond acceptors (Lipinski definition) is 6. The second kappa shape index (κ2) is 8.50. The molecule has 0 saturated heterocycles. The smallest absolute Gasteiger partial charge is 0.341 e. The number of amides is 2. The maximum absolute atomic E-state index is 12.1. The van der Waals surface area contributed by atoms with Crippen LogP contribution in [0.2, 0.25) is 0 Å². The minimum Gasteiger partial charge on any atom is -0.452 e. The Bertz CT molecular complexity index is 568. The first-order valence-electron chi connectivity index (χ1n) is 6.67. The van der Waals surface area contributed by atoms with Gasteiger partial charge in [-0.05, 0) is 19.4 Å². The molecule has 0 spiro atoms. The van der Waals surface area contributed by atoms with Gasteiger partial charge in [-0.15, -0.1) is 11.3 Å². The third kappa shape index (κ3) is 5.12. The molecule has 0 aliphatic carbocycles. The molecule has 2 amide bonds. The van der Waals surface area contributed by atoms with Crippen LogP contribution in [-0.2, 0) is 19.1 Å². The quantitative estimate of drug-likeness (QED) is 0.580. The van der Waals surface area contributed by atoms with Crippen LogP contribution in [0, 0.1) is 13.8 Å². The lowest BCUT2D eigenvalue weighted by Gasteiger charge is -2.08. The summed E-state index contributed by atoms with van der Waals surface area (Å²) in [5.74, 6) is -1.31. The average Bonchev–Trinajstić information content (AvgIpc) is 2.70. The van der Waals surface area contributed by atoms with Crippen molar-refractivity contribution in [3.05, 3.63) is 16.0 Å². The van der Waals surface area contributed by atoms with Gasteiger partial charge in [-0.3, -0.25) is 9.59 Å². The topological polar surface area (TPSA) is 93.7 Å². The van der Waals surface area contributed by atoms with Crippen LogP contribution in [0.5, 0.6) is 0 Å². The van der Waals surface area contributed by atoms with E-state index in [-0.39, 0.29) is 12.5 Å². The molecule has 2 N–H and O–H groups in total. The van der Waals surface area contributed by atoms with Crippen molar-refractivity contribution in [2.45, 2.75) is 20.8 Å². The van der Waals surface area contributed by atoms with Crippen molar-refractivity contribution >= 4 is 34.1 Å². The van der Waals surface area contributed by atoms with Gasteiger partial charge in [0.05, 0.1) is 12.2 Å². The van der Waals surface area contributed by atoms with Gasteiger partial charge in [-0.25, -0.2) is 4.79 Å². The standard InChI is InChI=1S/C14H20N2O5S/c1-8-9(2)22-13(16-10(3)17)12(8)14(19)21-7-11(18)15-5-6-20-4/h5-7H2,1-4H3,(H,15,18)(H,16,17). The fourth-order valence-corrected chi connectivity index (χ4v) is 2.76. The summed E-state index contributed by atoms with van der Waals surface area (Å²) in [6.45, 7) is 5.33. The minimum absolute atomic E-state index is 0.271. The Morgan fingerprint density at radius 3 is 2.50 bits per heavy atom. The number of carbonyl (C=O) groups is 3. The van der Waals surface area contributed by atoms with Gasteiger partial charge in [-0.1, -0.05) is 0 Å². The molecule has 122 valence electrons. The van der Waals surface area contributed by atoms with Crippen LogP contribution in [0.3, 0.4) is 0 Å². The third-order valence-electron chi connectivity index (χ3n) is 2.84. The first kappa shape index (κ1) is 18.1. The summed E-state index contributed by atoms with van der Waals surface area (Å²) >= 11 is 1.30. The maximum Gasteiger partial charge on any atom is 0.341 e. The molecule has 0 saturated carbocycles. The zero-order valence-corrected chi connectivity index (χ0v) is 13.9. The van der Waals surface area contributed by atoms with Crippen LogP contribution >= 0.6 is 11.3 Å². The molecule has 0 radical (unpaired) electrons. The van der Waals surface area contributed by atoms with Crippen molar-refractivity contribution in [3.63, 3.8) is 0 Å². The Labute approximate surface area is 133 Å². The van der Waals surface area contributed by atoms with E-state index in [1.54, 1.807) is 6.92 Å². The number of rotatable bonds is 7. The van der Waals surface area contributed by atoms with E-state index >= 15 is 0 Å². The van der Waals surface area contributed by atoms with Crippen LogP contribution in [0.1, 0.15) is 27.7 Å². The van der Waals surface area contributed by atoms with Gasteiger partial charge in [0, 0.05) is 25.5 Å². The highest BCUT2D eigenvalue weighted by molar-refractivity contribution is 7.16.